The van der Waals surface area contributed by atoms with E-state index in [0.29, 0.717) is 5.56 Å². The van der Waals surface area contributed by atoms with Crippen LogP contribution in [-0.2, 0) is 4.79 Å². The Kier molecular flexibility index (Phi) is 4.29. The number of nitrogens with zero attached hydrogens (tertiary/aromatic N) is 2. The number of hydrogen-bond acceptors (Lipinski definition) is 3. The molecule has 0 saturated heterocycles. The van der Waals surface area contributed by atoms with Gasteiger partial charge in [0.05, 0.1) is 23.2 Å². The lowest BCUT2D eigenvalue weighted by molar-refractivity contribution is -0.138. The van der Waals surface area contributed by atoms with E-state index in [4.69, 9.17) is 0 Å². The second kappa shape index (κ2) is 5.96. The molecule has 0 atom stereocenters. The number of aliphatic carboxylic acids is 1. The number of carboxylic acid groups (broad SMARTS) is 1. The maximum absolute atomic E-state index is 11.3. The minimum atomic E-state index is -0.770. The fourth-order valence-corrected chi connectivity index (χ4v) is 3.24. The lowest BCUT2D eigenvalue weighted by atomic mass is 9.77. The maximum Gasteiger partial charge on any atom is 0.305 e. The van der Waals surface area contributed by atoms with Gasteiger partial charge in [0.25, 0.3) is 0 Å². The molecular formula is C16H20N2O2. The van der Waals surface area contributed by atoms with Crippen molar-refractivity contribution in [1.29, 1.82) is 5.26 Å². The Morgan fingerprint density at radius 3 is 2.60 bits per heavy atom. The van der Waals surface area contributed by atoms with E-state index < -0.39 is 5.97 Å². The average Bonchev–Trinajstić information content (AvgIpc) is 2.46. The molecule has 2 rings (SSSR count). The van der Waals surface area contributed by atoms with Gasteiger partial charge in [-0.3, -0.25) is 4.79 Å². The van der Waals surface area contributed by atoms with Crippen molar-refractivity contribution in [2.24, 2.45) is 0 Å². The van der Waals surface area contributed by atoms with Crippen molar-refractivity contribution in [3.05, 3.63) is 29.8 Å². The number of anilines is 1. The van der Waals surface area contributed by atoms with Crippen molar-refractivity contribution in [3.8, 4) is 6.07 Å². The highest BCUT2D eigenvalue weighted by Gasteiger charge is 2.38. The van der Waals surface area contributed by atoms with Gasteiger partial charge in [-0.25, -0.2) is 0 Å². The van der Waals surface area contributed by atoms with Gasteiger partial charge in [0.1, 0.15) is 6.07 Å². The van der Waals surface area contributed by atoms with E-state index >= 15 is 0 Å². The molecule has 4 heteroatoms. The van der Waals surface area contributed by atoms with E-state index in [1.54, 1.807) is 6.07 Å². The molecule has 0 spiro atoms. The van der Waals surface area contributed by atoms with Gasteiger partial charge in [0, 0.05) is 7.05 Å². The van der Waals surface area contributed by atoms with Gasteiger partial charge >= 0.3 is 5.97 Å². The molecule has 1 fully saturated rings. The van der Waals surface area contributed by atoms with Crippen LogP contribution in [0.25, 0.3) is 0 Å². The monoisotopic (exact) mass is 272 g/mol. The molecule has 0 bridgehead atoms. The molecule has 1 N–H and O–H groups in total. The van der Waals surface area contributed by atoms with Crippen molar-refractivity contribution >= 4 is 11.7 Å². The first-order chi connectivity index (χ1) is 9.59. The van der Waals surface area contributed by atoms with Crippen LogP contribution in [0.1, 0.15) is 44.1 Å². The van der Waals surface area contributed by atoms with Crippen molar-refractivity contribution in [1.82, 2.24) is 0 Å². The number of carboxylic acids is 1. The Labute approximate surface area is 119 Å². The lowest BCUT2D eigenvalue weighted by Crippen LogP contribution is -2.50. The highest BCUT2D eigenvalue weighted by Crippen LogP contribution is 2.39. The van der Waals surface area contributed by atoms with Gasteiger partial charge < -0.3 is 10.0 Å². The Morgan fingerprint density at radius 1 is 1.35 bits per heavy atom. The molecule has 0 radical (unpaired) electrons. The van der Waals surface area contributed by atoms with Gasteiger partial charge in [-0.1, -0.05) is 31.4 Å². The van der Waals surface area contributed by atoms with Crippen LogP contribution >= 0.6 is 0 Å². The molecule has 1 saturated carbocycles. The Bertz CT molecular complexity index is 528. The molecule has 0 heterocycles. The summed E-state index contributed by atoms with van der Waals surface area (Å²) in [4.78, 5) is 13.3. The molecule has 1 aromatic carbocycles. The fraction of sp³-hybridized carbons (Fsp3) is 0.500. The number of para-hydroxylation sites is 1. The summed E-state index contributed by atoms with van der Waals surface area (Å²) < 4.78 is 0. The predicted molar refractivity (Wildman–Crippen MR) is 77.6 cm³/mol. The van der Waals surface area contributed by atoms with Crippen LogP contribution in [0.4, 0.5) is 5.69 Å². The third kappa shape index (κ3) is 2.77. The number of hydrogen-bond donors (Lipinski definition) is 1. The number of rotatable bonds is 4. The fourth-order valence-electron chi connectivity index (χ4n) is 3.24. The Hall–Kier alpha value is -2.02. The standard InChI is InChI=1S/C16H20N2O2/c1-18(14-8-4-3-7-13(14)12-17)16(11-15(19)20)9-5-2-6-10-16/h3-4,7-8H,2,5-6,9-11H2,1H3,(H,19,20). The van der Waals surface area contributed by atoms with E-state index in [9.17, 15) is 15.2 Å². The zero-order valence-electron chi connectivity index (χ0n) is 11.8. The van der Waals surface area contributed by atoms with Gasteiger partial charge in [0.2, 0.25) is 0 Å². The predicted octanol–water partition coefficient (Wildman–Crippen LogP) is 3.17. The molecule has 106 valence electrons. The smallest absolute Gasteiger partial charge is 0.305 e. The second-order valence-corrected chi connectivity index (χ2v) is 5.54. The summed E-state index contributed by atoms with van der Waals surface area (Å²) in [5.74, 6) is -0.770. The van der Waals surface area contributed by atoms with Gasteiger partial charge in [-0.05, 0) is 25.0 Å². The maximum atomic E-state index is 11.3. The first kappa shape index (κ1) is 14.4. The molecule has 1 aliphatic rings. The SMILES string of the molecule is CN(c1ccccc1C#N)C1(CC(=O)O)CCCCC1. The first-order valence-electron chi connectivity index (χ1n) is 7.04. The highest BCUT2D eigenvalue weighted by molar-refractivity contribution is 5.71. The van der Waals surface area contributed by atoms with Crippen LogP contribution in [0.2, 0.25) is 0 Å². The molecule has 0 aromatic heterocycles. The molecule has 20 heavy (non-hydrogen) atoms. The Morgan fingerprint density at radius 2 is 2.00 bits per heavy atom. The number of benzene rings is 1. The summed E-state index contributed by atoms with van der Waals surface area (Å²) in [6, 6.07) is 9.60. The van der Waals surface area contributed by atoms with E-state index in [1.165, 1.54) is 0 Å². The highest BCUT2D eigenvalue weighted by atomic mass is 16.4. The van der Waals surface area contributed by atoms with Crippen LogP contribution in [0.5, 0.6) is 0 Å². The Balaban J connectivity index is 2.38. The largest absolute Gasteiger partial charge is 0.481 e. The quantitative estimate of drug-likeness (QED) is 0.914. The van der Waals surface area contributed by atoms with E-state index in [1.807, 2.05) is 30.1 Å². The van der Waals surface area contributed by atoms with Gasteiger partial charge in [-0.2, -0.15) is 5.26 Å². The summed E-state index contributed by atoms with van der Waals surface area (Å²) >= 11 is 0. The minimum Gasteiger partial charge on any atom is -0.481 e. The summed E-state index contributed by atoms with van der Waals surface area (Å²) in [5.41, 5.74) is 1.07. The number of carbonyl (C=O) groups is 1. The summed E-state index contributed by atoms with van der Waals surface area (Å²) in [7, 11) is 1.92. The van der Waals surface area contributed by atoms with E-state index in [0.717, 1.165) is 37.8 Å². The van der Waals surface area contributed by atoms with Crippen molar-refractivity contribution in [2.75, 3.05) is 11.9 Å². The molecule has 0 unspecified atom stereocenters. The molecule has 0 amide bonds. The zero-order valence-corrected chi connectivity index (χ0v) is 11.8. The molecule has 4 nitrogen and oxygen atoms in total. The van der Waals surface area contributed by atoms with Crippen LogP contribution in [0.15, 0.2) is 24.3 Å². The first-order valence-corrected chi connectivity index (χ1v) is 7.04. The average molecular weight is 272 g/mol. The summed E-state index contributed by atoms with van der Waals surface area (Å²) in [6.45, 7) is 0. The normalized spacial score (nSPS) is 17.2. The van der Waals surface area contributed by atoms with Crippen LogP contribution in [-0.4, -0.2) is 23.7 Å². The van der Waals surface area contributed by atoms with Crippen LogP contribution < -0.4 is 4.90 Å². The van der Waals surface area contributed by atoms with Crippen molar-refractivity contribution in [2.45, 2.75) is 44.1 Å². The van der Waals surface area contributed by atoms with Crippen LogP contribution in [0.3, 0.4) is 0 Å². The molecule has 0 aliphatic heterocycles. The zero-order chi connectivity index (χ0) is 14.6. The minimum absolute atomic E-state index is 0.128. The van der Waals surface area contributed by atoms with E-state index in [2.05, 4.69) is 6.07 Å². The van der Waals surface area contributed by atoms with Crippen molar-refractivity contribution < 1.29 is 9.90 Å². The summed E-state index contributed by atoms with van der Waals surface area (Å²) in [6.07, 6.45) is 5.13. The third-order valence-corrected chi connectivity index (χ3v) is 4.36. The number of nitriles is 1. The molecule has 1 aromatic rings. The van der Waals surface area contributed by atoms with Gasteiger partial charge in [-0.15, -0.1) is 0 Å². The lowest BCUT2D eigenvalue weighted by Gasteiger charge is -2.45. The summed E-state index contributed by atoms with van der Waals surface area (Å²) in [5, 5.41) is 18.5. The van der Waals surface area contributed by atoms with Gasteiger partial charge in [0.15, 0.2) is 0 Å². The van der Waals surface area contributed by atoms with Crippen LogP contribution in [0, 0.1) is 11.3 Å². The van der Waals surface area contributed by atoms with Crippen molar-refractivity contribution in [3.63, 3.8) is 0 Å². The topological polar surface area (TPSA) is 64.3 Å². The third-order valence-electron chi connectivity index (χ3n) is 4.36. The molecule has 1 aliphatic carbocycles. The van der Waals surface area contributed by atoms with E-state index in [-0.39, 0.29) is 12.0 Å². The molecular weight excluding hydrogens is 252 g/mol. The second-order valence-electron chi connectivity index (χ2n) is 5.54.